The number of esters is 4. The number of ether oxygens (including phenoxy) is 6. The van der Waals surface area contributed by atoms with E-state index in [9.17, 15) is 24.0 Å². The summed E-state index contributed by atoms with van der Waals surface area (Å²) in [5.74, 6) is -3.84. The van der Waals surface area contributed by atoms with Crippen molar-refractivity contribution in [2.45, 2.75) is 77.5 Å². The Hall–Kier alpha value is -4.00. The number of nitrogens with zero attached hydrogens (tertiary/aromatic N) is 3. The lowest BCUT2D eigenvalue weighted by atomic mass is 9.92. The largest absolute Gasteiger partial charge is 0.477 e. The van der Waals surface area contributed by atoms with Crippen LogP contribution in [-0.2, 0) is 47.6 Å². The average Bonchev–Trinajstić information content (AvgIpc) is 2.74. The fraction of sp³-hybridized carbons (Fsp3) is 0.667. The van der Waals surface area contributed by atoms with Gasteiger partial charge in [-0.2, -0.15) is 0 Å². The molecule has 1 heterocycles. The van der Waals surface area contributed by atoms with Crippen molar-refractivity contribution in [2.24, 2.45) is 5.11 Å². The molecule has 0 saturated heterocycles. The number of carbonyl (C=O) groups excluding carboxylic acids is 5. The summed E-state index contributed by atoms with van der Waals surface area (Å²) in [7, 11) is 1.07. The first-order valence-corrected chi connectivity index (χ1v) is 10.7. The topological polar surface area (TPSA) is 202 Å². The maximum absolute atomic E-state index is 12.6. The van der Waals surface area contributed by atoms with Crippen molar-refractivity contribution in [1.82, 2.24) is 5.32 Å². The molecule has 36 heavy (non-hydrogen) atoms. The smallest absolute Gasteiger partial charge is 0.408 e. The van der Waals surface area contributed by atoms with Crippen LogP contribution >= 0.6 is 0 Å². The van der Waals surface area contributed by atoms with Gasteiger partial charge in [0.25, 0.3) is 0 Å². The summed E-state index contributed by atoms with van der Waals surface area (Å²) in [6, 6.07) is -2.59. The Balaban J connectivity index is 3.64. The number of hydrogen-bond donors (Lipinski definition) is 1. The molecule has 0 aromatic carbocycles. The van der Waals surface area contributed by atoms with Gasteiger partial charge in [0.2, 0.25) is 5.76 Å². The van der Waals surface area contributed by atoms with E-state index >= 15 is 0 Å². The molecule has 0 fully saturated rings. The van der Waals surface area contributed by atoms with E-state index in [2.05, 4.69) is 20.1 Å². The van der Waals surface area contributed by atoms with Gasteiger partial charge in [-0.15, -0.1) is 0 Å². The SMILES string of the molecule is COC(=O)C1=C[C@H](N=[N+]=[N-])[C@@H](NC(=O)OC(C)(C)C)[C@H]([C@H](OC(C)=O)C(COC(C)=O)OC(C)=O)O1. The summed E-state index contributed by atoms with van der Waals surface area (Å²) in [5, 5.41) is 6.08. The van der Waals surface area contributed by atoms with Crippen LogP contribution in [0.4, 0.5) is 4.79 Å². The van der Waals surface area contributed by atoms with Crippen LogP contribution in [0.2, 0.25) is 0 Å². The van der Waals surface area contributed by atoms with Crippen molar-refractivity contribution < 1.29 is 52.4 Å². The Bertz CT molecular complexity index is 937. The highest BCUT2D eigenvalue weighted by molar-refractivity contribution is 5.86. The molecule has 1 amide bonds. The number of carbonyl (C=O) groups is 5. The van der Waals surface area contributed by atoms with Crippen molar-refractivity contribution in [3.63, 3.8) is 0 Å². The summed E-state index contributed by atoms with van der Waals surface area (Å²) in [5.41, 5.74) is 8.18. The predicted molar refractivity (Wildman–Crippen MR) is 119 cm³/mol. The van der Waals surface area contributed by atoms with Gasteiger partial charge in [0, 0.05) is 25.7 Å². The minimum Gasteiger partial charge on any atom is -0.477 e. The van der Waals surface area contributed by atoms with Crippen LogP contribution in [0.25, 0.3) is 10.4 Å². The van der Waals surface area contributed by atoms with Crippen molar-refractivity contribution in [1.29, 1.82) is 0 Å². The number of methoxy groups -OCH3 is 1. The minimum absolute atomic E-state index is 0.437. The quantitative estimate of drug-likeness (QED) is 0.153. The molecule has 5 atom stereocenters. The molecule has 0 aromatic rings. The van der Waals surface area contributed by atoms with Gasteiger partial charge in [-0.3, -0.25) is 14.4 Å². The molecular formula is C21H30N4O11. The van der Waals surface area contributed by atoms with Crippen molar-refractivity contribution in [3.8, 4) is 0 Å². The molecule has 1 unspecified atom stereocenters. The first-order chi connectivity index (χ1) is 16.7. The Morgan fingerprint density at radius 2 is 1.72 bits per heavy atom. The maximum atomic E-state index is 12.6. The summed E-state index contributed by atoms with van der Waals surface area (Å²) in [4.78, 5) is 62.8. The molecule has 1 aliphatic rings. The molecule has 15 nitrogen and oxygen atoms in total. The van der Waals surface area contributed by atoms with E-state index in [0.717, 1.165) is 34.0 Å². The second-order valence-corrected chi connectivity index (χ2v) is 8.50. The zero-order valence-electron chi connectivity index (χ0n) is 21.0. The minimum atomic E-state index is -1.57. The zero-order chi connectivity index (χ0) is 27.6. The van der Waals surface area contributed by atoms with Crippen LogP contribution in [-0.4, -0.2) is 79.7 Å². The second kappa shape index (κ2) is 13.2. The molecule has 0 aliphatic carbocycles. The van der Waals surface area contributed by atoms with E-state index in [-0.39, 0.29) is 0 Å². The normalized spacial score (nSPS) is 20.6. The Morgan fingerprint density at radius 1 is 1.11 bits per heavy atom. The van der Waals surface area contributed by atoms with Crippen LogP contribution in [0.3, 0.4) is 0 Å². The number of hydrogen-bond acceptors (Lipinski definition) is 12. The zero-order valence-corrected chi connectivity index (χ0v) is 21.0. The maximum Gasteiger partial charge on any atom is 0.408 e. The van der Waals surface area contributed by atoms with Gasteiger partial charge in [-0.05, 0) is 32.4 Å². The number of rotatable bonds is 9. The molecule has 0 radical (unpaired) electrons. The fourth-order valence-corrected chi connectivity index (χ4v) is 3.13. The van der Waals surface area contributed by atoms with Gasteiger partial charge in [0.15, 0.2) is 18.3 Å². The third kappa shape index (κ3) is 9.70. The highest BCUT2D eigenvalue weighted by Gasteiger charge is 2.48. The van der Waals surface area contributed by atoms with E-state index in [1.54, 1.807) is 20.8 Å². The molecule has 0 saturated carbocycles. The molecule has 1 aliphatic heterocycles. The van der Waals surface area contributed by atoms with E-state index < -0.39 is 78.3 Å². The first kappa shape index (κ1) is 30.0. The van der Waals surface area contributed by atoms with Crippen LogP contribution in [0.1, 0.15) is 41.5 Å². The molecule has 1 N–H and O–H groups in total. The van der Waals surface area contributed by atoms with E-state index in [4.69, 9.17) is 29.2 Å². The van der Waals surface area contributed by atoms with E-state index in [1.165, 1.54) is 0 Å². The van der Waals surface area contributed by atoms with Gasteiger partial charge in [0.1, 0.15) is 12.2 Å². The Morgan fingerprint density at radius 3 is 2.19 bits per heavy atom. The lowest BCUT2D eigenvalue weighted by Gasteiger charge is -2.40. The van der Waals surface area contributed by atoms with E-state index in [0.29, 0.717) is 0 Å². The van der Waals surface area contributed by atoms with Gasteiger partial charge >= 0.3 is 30.0 Å². The number of amides is 1. The van der Waals surface area contributed by atoms with Crippen molar-refractivity contribution in [3.05, 3.63) is 22.3 Å². The lowest BCUT2D eigenvalue weighted by molar-refractivity contribution is -0.187. The molecular weight excluding hydrogens is 484 g/mol. The molecule has 0 spiro atoms. The lowest BCUT2D eigenvalue weighted by Crippen LogP contribution is -2.61. The number of azide groups is 1. The van der Waals surface area contributed by atoms with Gasteiger partial charge in [0.05, 0.1) is 19.2 Å². The van der Waals surface area contributed by atoms with Crippen molar-refractivity contribution >= 4 is 30.0 Å². The third-order valence-electron chi connectivity index (χ3n) is 4.32. The summed E-state index contributed by atoms with van der Waals surface area (Å²) in [6.45, 7) is 7.47. The van der Waals surface area contributed by atoms with Gasteiger partial charge in [-0.25, -0.2) is 9.59 Å². The van der Waals surface area contributed by atoms with E-state index in [1.807, 2.05) is 0 Å². The molecule has 200 valence electrons. The number of nitrogens with one attached hydrogen (secondary N) is 1. The molecule has 0 aromatic heterocycles. The monoisotopic (exact) mass is 514 g/mol. The molecule has 0 bridgehead atoms. The molecule has 15 heteroatoms. The Kier molecular flexibility index (Phi) is 11.0. The second-order valence-electron chi connectivity index (χ2n) is 8.50. The fourth-order valence-electron chi connectivity index (χ4n) is 3.13. The highest BCUT2D eigenvalue weighted by Crippen LogP contribution is 2.28. The summed E-state index contributed by atoms with van der Waals surface area (Å²) in [6.07, 6.45) is -4.40. The van der Waals surface area contributed by atoms with Crippen LogP contribution < -0.4 is 5.32 Å². The average molecular weight is 514 g/mol. The van der Waals surface area contributed by atoms with Crippen LogP contribution in [0.15, 0.2) is 16.9 Å². The predicted octanol–water partition coefficient (Wildman–Crippen LogP) is 1.44. The van der Waals surface area contributed by atoms with Gasteiger partial charge < -0.3 is 33.7 Å². The van der Waals surface area contributed by atoms with Crippen LogP contribution in [0.5, 0.6) is 0 Å². The van der Waals surface area contributed by atoms with Crippen LogP contribution in [0, 0.1) is 0 Å². The van der Waals surface area contributed by atoms with Crippen molar-refractivity contribution in [2.75, 3.05) is 13.7 Å². The highest BCUT2D eigenvalue weighted by atomic mass is 16.6. The number of alkyl carbamates (subject to hydrolysis) is 1. The third-order valence-corrected chi connectivity index (χ3v) is 4.32. The summed E-state index contributed by atoms with van der Waals surface area (Å²) < 4.78 is 31.2. The van der Waals surface area contributed by atoms with Gasteiger partial charge in [-0.1, -0.05) is 5.11 Å². The standard InChI is InChI=1S/C21H30N4O11/c1-10(26)32-9-15(33-11(2)27)17(34-12(3)28)18-16(23-20(30)36-21(4,5)6)13(24-25-22)8-14(35-18)19(29)31-7/h8,13,15-18H,9H2,1-7H3,(H,23,30)/t13-,15?,16+,17+,18+/m0/s1. The first-order valence-electron chi connectivity index (χ1n) is 10.7. The summed E-state index contributed by atoms with van der Waals surface area (Å²) >= 11 is 0. The molecule has 1 rings (SSSR count). The Labute approximate surface area is 207 Å².